The van der Waals surface area contributed by atoms with Crippen LogP contribution in [0.4, 0.5) is 0 Å². The molecule has 2 heterocycles. The van der Waals surface area contributed by atoms with Crippen LogP contribution in [0.5, 0.6) is 5.75 Å². The third kappa shape index (κ3) is 4.48. The molecule has 1 aromatic carbocycles. The first-order valence-corrected chi connectivity index (χ1v) is 9.14. The van der Waals surface area contributed by atoms with E-state index in [-0.39, 0.29) is 0 Å². The van der Waals surface area contributed by atoms with Gasteiger partial charge in [0.05, 0.1) is 0 Å². The SMILES string of the molecule is Cc1cccc(OCc2nnc(SCCN3CCCC3)n2C)c1. The summed E-state index contributed by atoms with van der Waals surface area (Å²) in [5, 5.41) is 9.51. The molecule has 3 rings (SSSR count). The lowest BCUT2D eigenvalue weighted by Crippen LogP contribution is -2.22. The summed E-state index contributed by atoms with van der Waals surface area (Å²) >= 11 is 1.77. The minimum absolute atomic E-state index is 0.444. The number of benzene rings is 1. The second-order valence-corrected chi connectivity index (χ2v) is 7.02. The van der Waals surface area contributed by atoms with Crippen molar-refractivity contribution in [2.75, 3.05) is 25.4 Å². The summed E-state index contributed by atoms with van der Waals surface area (Å²) in [5.74, 6) is 2.79. The largest absolute Gasteiger partial charge is 0.486 e. The number of hydrogen-bond donors (Lipinski definition) is 0. The van der Waals surface area contributed by atoms with E-state index in [9.17, 15) is 0 Å². The van der Waals surface area contributed by atoms with Crippen LogP contribution in [-0.2, 0) is 13.7 Å². The fraction of sp³-hybridized carbons (Fsp3) is 0.529. The Bertz CT molecular complexity index is 637. The molecule has 0 unspecified atom stereocenters. The molecule has 124 valence electrons. The second-order valence-electron chi connectivity index (χ2n) is 5.96. The minimum atomic E-state index is 0.444. The molecule has 5 nitrogen and oxygen atoms in total. The van der Waals surface area contributed by atoms with Crippen molar-refractivity contribution in [2.45, 2.75) is 31.5 Å². The number of nitrogens with zero attached hydrogens (tertiary/aromatic N) is 4. The van der Waals surface area contributed by atoms with E-state index in [1.807, 2.05) is 29.8 Å². The van der Waals surface area contributed by atoms with Crippen LogP contribution in [-0.4, -0.2) is 45.1 Å². The standard InChI is InChI=1S/C17H24N4OS/c1-14-6-5-7-15(12-14)22-13-16-18-19-17(20(16)2)23-11-10-21-8-3-4-9-21/h5-7,12H,3-4,8-11,13H2,1-2H3. The smallest absolute Gasteiger partial charge is 0.191 e. The maximum absolute atomic E-state index is 5.81. The van der Waals surface area contributed by atoms with Crippen LogP contribution < -0.4 is 4.74 Å². The van der Waals surface area contributed by atoms with E-state index < -0.39 is 0 Å². The highest BCUT2D eigenvalue weighted by Gasteiger charge is 2.13. The molecule has 1 aliphatic heterocycles. The Kier molecular flexibility index (Phi) is 5.56. The first-order chi connectivity index (χ1) is 11.2. The second kappa shape index (κ2) is 7.84. The van der Waals surface area contributed by atoms with Gasteiger partial charge < -0.3 is 14.2 Å². The molecule has 1 aliphatic rings. The van der Waals surface area contributed by atoms with Crippen molar-refractivity contribution in [1.82, 2.24) is 19.7 Å². The molecule has 0 bridgehead atoms. The van der Waals surface area contributed by atoms with Gasteiger partial charge in [-0.05, 0) is 50.6 Å². The predicted octanol–water partition coefficient (Wildman–Crippen LogP) is 2.89. The molecule has 0 aliphatic carbocycles. The van der Waals surface area contributed by atoms with Crippen LogP contribution in [0.15, 0.2) is 29.4 Å². The summed E-state index contributed by atoms with van der Waals surface area (Å²) in [6.07, 6.45) is 2.68. The van der Waals surface area contributed by atoms with E-state index in [1.54, 1.807) is 11.8 Å². The van der Waals surface area contributed by atoms with E-state index >= 15 is 0 Å². The van der Waals surface area contributed by atoms with Gasteiger partial charge >= 0.3 is 0 Å². The Morgan fingerprint density at radius 1 is 1.22 bits per heavy atom. The highest BCUT2D eigenvalue weighted by molar-refractivity contribution is 7.99. The van der Waals surface area contributed by atoms with Gasteiger partial charge in [-0.1, -0.05) is 23.9 Å². The van der Waals surface area contributed by atoms with Gasteiger partial charge in [-0.25, -0.2) is 0 Å². The Labute approximate surface area is 142 Å². The summed E-state index contributed by atoms with van der Waals surface area (Å²) < 4.78 is 7.84. The lowest BCUT2D eigenvalue weighted by atomic mass is 10.2. The van der Waals surface area contributed by atoms with Crippen molar-refractivity contribution in [3.05, 3.63) is 35.7 Å². The zero-order chi connectivity index (χ0) is 16.1. The monoisotopic (exact) mass is 332 g/mol. The third-order valence-electron chi connectivity index (χ3n) is 4.12. The Balaban J connectivity index is 1.50. The highest BCUT2D eigenvalue weighted by atomic mass is 32.2. The lowest BCUT2D eigenvalue weighted by molar-refractivity contribution is 0.290. The van der Waals surface area contributed by atoms with Crippen molar-refractivity contribution in [3.8, 4) is 5.75 Å². The number of aromatic nitrogens is 3. The molecular formula is C17H24N4OS. The van der Waals surface area contributed by atoms with Crippen LogP contribution in [0.25, 0.3) is 0 Å². The van der Waals surface area contributed by atoms with Gasteiger partial charge in [0.15, 0.2) is 11.0 Å². The van der Waals surface area contributed by atoms with Crippen LogP contribution in [0.1, 0.15) is 24.2 Å². The average molecular weight is 332 g/mol. The molecule has 0 amide bonds. The molecule has 0 saturated carbocycles. The predicted molar refractivity (Wildman–Crippen MR) is 92.9 cm³/mol. The maximum Gasteiger partial charge on any atom is 0.191 e. The first kappa shape index (κ1) is 16.3. The van der Waals surface area contributed by atoms with Crippen molar-refractivity contribution in [1.29, 1.82) is 0 Å². The van der Waals surface area contributed by atoms with Crippen molar-refractivity contribution in [3.63, 3.8) is 0 Å². The van der Waals surface area contributed by atoms with E-state index in [0.717, 1.165) is 29.0 Å². The fourth-order valence-electron chi connectivity index (χ4n) is 2.72. The molecule has 0 atom stereocenters. The summed E-state index contributed by atoms with van der Waals surface area (Å²) in [5.41, 5.74) is 1.19. The molecule has 0 radical (unpaired) electrons. The van der Waals surface area contributed by atoms with E-state index in [2.05, 4.69) is 28.1 Å². The molecule has 2 aromatic rings. The van der Waals surface area contributed by atoms with Gasteiger partial charge in [-0.15, -0.1) is 10.2 Å². The first-order valence-electron chi connectivity index (χ1n) is 8.15. The number of ether oxygens (including phenoxy) is 1. The zero-order valence-corrected chi connectivity index (χ0v) is 14.7. The Morgan fingerprint density at radius 3 is 2.83 bits per heavy atom. The van der Waals surface area contributed by atoms with Crippen molar-refractivity contribution >= 4 is 11.8 Å². The zero-order valence-electron chi connectivity index (χ0n) is 13.9. The van der Waals surface area contributed by atoms with Gasteiger partial charge in [0.25, 0.3) is 0 Å². The molecule has 1 saturated heterocycles. The van der Waals surface area contributed by atoms with Crippen LogP contribution in [0.2, 0.25) is 0 Å². The van der Waals surface area contributed by atoms with Crippen molar-refractivity contribution < 1.29 is 4.74 Å². The molecule has 23 heavy (non-hydrogen) atoms. The summed E-state index contributed by atoms with van der Waals surface area (Å²) in [6, 6.07) is 8.06. The number of aryl methyl sites for hydroxylation is 1. The summed E-state index contributed by atoms with van der Waals surface area (Å²) in [6.45, 7) is 6.13. The van der Waals surface area contributed by atoms with Gasteiger partial charge in [0.2, 0.25) is 0 Å². The van der Waals surface area contributed by atoms with Gasteiger partial charge in [-0.2, -0.15) is 0 Å². The Morgan fingerprint density at radius 2 is 2.04 bits per heavy atom. The van der Waals surface area contributed by atoms with Gasteiger partial charge in [0.1, 0.15) is 12.4 Å². The molecular weight excluding hydrogens is 308 g/mol. The molecule has 1 fully saturated rings. The number of rotatable bonds is 7. The number of likely N-dealkylation sites (tertiary alicyclic amines) is 1. The summed E-state index contributed by atoms with van der Waals surface area (Å²) in [7, 11) is 2.01. The average Bonchev–Trinajstić information content (AvgIpc) is 3.17. The van der Waals surface area contributed by atoms with E-state index in [0.29, 0.717) is 6.61 Å². The van der Waals surface area contributed by atoms with Crippen LogP contribution >= 0.6 is 11.8 Å². The number of hydrogen-bond acceptors (Lipinski definition) is 5. The lowest BCUT2D eigenvalue weighted by Gasteiger charge is -2.13. The molecule has 0 N–H and O–H groups in total. The fourth-order valence-corrected chi connectivity index (χ4v) is 3.65. The van der Waals surface area contributed by atoms with Gasteiger partial charge in [-0.3, -0.25) is 0 Å². The summed E-state index contributed by atoms with van der Waals surface area (Å²) in [4.78, 5) is 2.52. The topological polar surface area (TPSA) is 43.2 Å². The quantitative estimate of drug-likeness (QED) is 0.730. The molecule has 0 spiro atoms. The van der Waals surface area contributed by atoms with E-state index in [4.69, 9.17) is 4.74 Å². The van der Waals surface area contributed by atoms with Crippen LogP contribution in [0, 0.1) is 6.92 Å². The maximum atomic E-state index is 5.81. The highest BCUT2D eigenvalue weighted by Crippen LogP contribution is 2.19. The molecule has 1 aromatic heterocycles. The van der Waals surface area contributed by atoms with E-state index in [1.165, 1.54) is 31.5 Å². The number of thioether (sulfide) groups is 1. The van der Waals surface area contributed by atoms with Crippen molar-refractivity contribution in [2.24, 2.45) is 7.05 Å². The third-order valence-corrected chi connectivity index (χ3v) is 5.12. The minimum Gasteiger partial charge on any atom is -0.486 e. The normalized spacial score (nSPS) is 15.2. The molecule has 6 heteroatoms. The van der Waals surface area contributed by atoms with Crippen LogP contribution in [0.3, 0.4) is 0 Å². The van der Waals surface area contributed by atoms with Gasteiger partial charge in [0, 0.05) is 19.3 Å². The Hall–Kier alpha value is -1.53.